The van der Waals surface area contributed by atoms with Crippen molar-refractivity contribution in [3.05, 3.63) is 65.0 Å². The number of nitrogens with zero attached hydrogens (tertiary/aromatic N) is 1. The number of nitrogens with one attached hydrogen (secondary N) is 1. The molecule has 0 bridgehead atoms. The number of hydrogen-bond acceptors (Lipinski definition) is 2. The number of rotatable bonds is 3. The van der Waals surface area contributed by atoms with Gasteiger partial charge in [-0.3, -0.25) is 4.98 Å². The Hall–Kier alpha value is -1.67. The number of pyridine rings is 1. The summed E-state index contributed by atoms with van der Waals surface area (Å²) in [6.07, 6.45) is 7.17. The second-order valence-electron chi connectivity index (χ2n) is 4.90. The van der Waals surface area contributed by atoms with Crippen LogP contribution >= 0.6 is 0 Å². The first kappa shape index (κ1) is 11.4. The Kier molecular flexibility index (Phi) is 3.11. The van der Waals surface area contributed by atoms with Crippen molar-refractivity contribution in [2.75, 3.05) is 7.05 Å². The number of benzene rings is 1. The molecule has 0 saturated heterocycles. The molecule has 0 saturated carbocycles. The number of aromatic nitrogens is 1. The average molecular weight is 238 g/mol. The van der Waals surface area contributed by atoms with Crippen molar-refractivity contribution in [1.82, 2.24) is 10.3 Å². The summed E-state index contributed by atoms with van der Waals surface area (Å²) < 4.78 is 0. The largest absolute Gasteiger partial charge is 0.313 e. The van der Waals surface area contributed by atoms with Gasteiger partial charge in [0.25, 0.3) is 0 Å². The van der Waals surface area contributed by atoms with E-state index in [1.807, 2.05) is 12.4 Å². The van der Waals surface area contributed by atoms with E-state index in [9.17, 15) is 0 Å². The fourth-order valence-corrected chi connectivity index (χ4v) is 2.92. The van der Waals surface area contributed by atoms with Crippen LogP contribution in [0.2, 0.25) is 0 Å². The molecule has 0 spiro atoms. The molecule has 1 aliphatic carbocycles. The zero-order valence-corrected chi connectivity index (χ0v) is 10.7. The third-order valence-corrected chi connectivity index (χ3v) is 3.86. The van der Waals surface area contributed by atoms with Crippen molar-refractivity contribution >= 4 is 0 Å². The van der Waals surface area contributed by atoms with E-state index in [1.54, 1.807) is 5.56 Å². The fourth-order valence-electron chi connectivity index (χ4n) is 2.92. The molecule has 2 aromatic rings. The van der Waals surface area contributed by atoms with E-state index >= 15 is 0 Å². The summed E-state index contributed by atoms with van der Waals surface area (Å²) in [6, 6.07) is 11.5. The van der Waals surface area contributed by atoms with Crippen molar-refractivity contribution in [3.8, 4) is 0 Å². The molecule has 18 heavy (non-hydrogen) atoms. The molecule has 2 heteroatoms. The van der Waals surface area contributed by atoms with Crippen LogP contribution < -0.4 is 5.32 Å². The summed E-state index contributed by atoms with van der Waals surface area (Å²) in [6.45, 7) is 0. The Morgan fingerprint density at radius 3 is 2.83 bits per heavy atom. The second-order valence-corrected chi connectivity index (χ2v) is 4.90. The first-order chi connectivity index (χ1) is 8.88. The van der Waals surface area contributed by atoms with Gasteiger partial charge in [0.2, 0.25) is 0 Å². The minimum absolute atomic E-state index is 0.539. The highest BCUT2D eigenvalue weighted by molar-refractivity contribution is 5.42. The smallest absolute Gasteiger partial charge is 0.0323 e. The molecular weight excluding hydrogens is 220 g/mol. The summed E-state index contributed by atoms with van der Waals surface area (Å²) in [5.41, 5.74) is 5.85. The van der Waals surface area contributed by atoms with Gasteiger partial charge in [0.05, 0.1) is 0 Å². The van der Waals surface area contributed by atoms with Crippen molar-refractivity contribution < 1.29 is 0 Å². The molecular formula is C16H18N2. The lowest BCUT2D eigenvalue weighted by Gasteiger charge is -2.12. The maximum Gasteiger partial charge on any atom is 0.0323 e. The van der Waals surface area contributed by atoms with Crippen LogP contribution in [0.3, 0.4) is 0 Å². The van der Waals surface area contributed by atoms with Gasteiger partial charge in [-0.05, 0) is 60.7 Å². The van der Waals surface area contributed by atoms with Crippen LogP contribution in [0.4, 0.5) is 0 Å². The SMILES string of the molecule is CNC1CCc2c(Cc3ccncc3)cccc21. The summed E-state index contributed by atoms with van der Waals surface area (Å²) in [4.78, 5) is 4.07. The molecule has 0 fully saturated rings. The quantitative estimate of drug-likeness (QED) is 0.889. The molecule has 2 nitrogen and oxygen atoms in total. The second kappa shape index (κ2) is 4.91. The first-order valence-electron chi connectivity index (χ1n) is 6.55. The molecule has 0 radical (unpaired) electrons. The van der Waals surface area contributed by atoms with Crippen LogP contribution in [0.1, 0.15) is 34.7 Å². The highest BCUT2D eigenvalue weighted by Gasteiger charge is 2.22. The van der Waals surface area contributed by atoms with Gasteiger partial charge < -0.3 is 5.32 Å². The number of fused-ring (bicyclic) bond motifs is 1. The molecule has 1 aromatic heterocycles. The molecule has 1 atom stereocenters. The molecule has 3 rings (SSSR count). The summed E-state index contributed by atoms with van der Waals surface area (Å²) in [7, 11) is 2.05. The third kappa shape index (κ3) is 2.04. The minimum Gasteiger partial charge on any atom is -0.313 e. The standard InChI is InChI=1S/C16H18N2/c1-17-16-6-5-14-13(3-2-4-15(14)16)11-12-7-9-18-10-8-12/h2-4,7-10,16-17H,5-6,11H2,1H3. The van der Waals surface area contributed by atoms with Crippen molar-refractivity contribution in [3.63, 3.8) is 0 Å². The van der Waals surface area contributed by atoms with Gasteiger partial charge in [-0.1, -0.05) is 18.2 Å². The normalized spacial score (nSPS) is 17.7. The zero-order valence-electron chi connectivity index (χ0n) is 10.7. The lowest BCUT2D eigenvalue weighted by molar-refractivity contribution is 0.590. The van der Waals surface area contributed by atoms with Gasteiger partial charge in [-0.25, -0.2) is 0 Å². The molecule has 0 amide bonds. The summed E-state index contributed by atoms with van der Waals surface area (Å²) >= 11 is 0. The highest BCUT2D eigenvalue weighted by atomic mass is 14.9. The minimum atomic E-state index is 0.539. The number of hydrogen-bond donors (Lipinski definition) is 1. The van der Waals surface area contributed by atoms with Gasteiger partial charge in [-0.2, -0.15) is 0 Å². The van der Waals surface area contributed by atoms with Gasteiger partial charge in [-0.15, -0.1) is 0 Å². The Balaban J connectivity index is 1.93. The molecule has 1 aliphatic rings. The molecule has 92 valence electrons. The summed E-state index contributed by atoms with van der Waals surface area (Å²) in [5, 5.41) is 3.40. The van der Waals surface area contributed by atoms with Crippen LogP contribution in [0.25, 0.3) is 0 Å². The lowest BCUT2D eigenvalue weighted by atomic mass is 9.97. The monoisotopic (exact) mass is 238 g/mol. The summed E-state index contributed by atoms with van der Waals surface area (Å²) in [5.74, 6) is 0. The van der Waals surface area contributed by atoms with Crippen molar-refractivity contribution in [2.24, 2.45) is 0 Å². The van der Waals surface area contributed by atoms with E-state index in [0.29, 0.717) is 6.04 Å². The molecule has 1 unspecified atom stereocenters. The third-order valence-electron chi connectivity index (χ3n) is 3.86. The maximum atomic E-state index is 4.07. The van der Waals surface area contributed by atoms with Gasteiger partial charge >= 0.3 is 0 Å². The fraction of sp³-hybridized carbons (Fsp3) is 0.312. The predicted octanol–water partition coefficient (Wildman–Crippen LogP) is 2.88. The van der Waals surface area contributed by atoms with E-state index in [0.717, 1.165) is 6.42 Å². The van der Waals surface area contributed by atoms with Crippen molar-refractivity contribution in [2.45, 2.75) is 25.3 Å². The molecule has 0 aliphatic heterocycles. The Bertz CT molecular complexity index is 534. The van der Waals surface area contributed by atoms with Crippen LogP contribution in [0, 0.1) is 0 Å². The lowest BCUT2D eigenvalue weighted by Crippen LogP contribution is -2.12. The van der Waals surface area contributed by atoms with Crippen molar-refractivity contribution in [1.29, 1.82) is 0 Å². The Morgan fingerprint density at radius 1 is 1.22 bits per heavy atom. The molecule has 1 heterocycles. The predicted molar refractivity (Wildman–Crippen MR) is 73.6 cm³/mol. The average Bonchev–Trinajstić information content (AvgIpc) is 2.84. The zero-order chi connectivity index (χ0) is 12.4. The Labute approximate surface area is 108 Å². The Morgan fingerprint density at radius 2 is 2.06 bits per heavy atom. The topological polar surface area (TPSA) is 24.9 Å². The van der Waals surface area contributed by atoms with E-state index in [4.69, 9.17) is 0 Å². The van der Waals surface area contributed by atoms with Gasteiger partial charge in [0, 0.05) is 18.4 Å². The van der Waals surface area contributed by atoms with Gasteiger partial charge in [0.1, 0.15) is 0 Å². The molecule has 1 aromatic carbocycles. The van der Waals surface area contributed by atoms with Crippen LogP contribution in [0.15, 0.2) is 42.7 Å². The van der Waals surface area contributed by atoms with E-state index < -0.39 is 0 Å². The molecule has 1 N–H and O–H groups in total. The maximum absolute atomic E-state index is 4.07. The van der Waals surface area contributed by atoms with E-state index in [2.05, 4.69) is 47.7 Å². The van der Waals surface area contributed by atoms with Crippen LogP contribution in [-0.4, -0.2) is 12.0 Å². The first-order valence-corrected chi connectivity index (χ1v) is 6.55. The van der Waals surface area contributed by atoms with Crippen LogP contribution in [0.5, 0.6) is 0 Å². The van der Waals surface area contributed by atoms with Gasteiger partial charge in [0.15, 0.2) is 0 Å². The van der Waals surface area contributed by atoms with E-state index in [-0.39, 0.29) is 0 Å². The highest BCUT2D eigenvalue weighted by Crippen LogP contribution is 2.33. The van der Waals surface area contributed by atoms with E-state index in [1.165, 1.54) is 29.5 Å². The van der Waals surface area contributed by atoms with Crippen LogP contribution in [-0.2, 0) is 12.8 Å².